The molecule has 0 saturated heterocycles. The molecule has 0 unspecified atom stereocenters. The van der Waals surface area contributed by atoms with Gasteiger partial charge < -0.3 is 14.5 Å². The van der Waals surface area contributed by atoms with Crippen LogP contribution in [0.1, 0.15) is 23.7 Å². The van der Waals surface area contributed by atoms with Crippen molar-refractivity contribution in [3.05, 3.63) is 53.9 Å². The lowest BCUT2D eigenvalue weighted by Crippen LogP contribution is -2.09. The molecule has 2 aromatic carbocycles. The van der Waals surface area contributed by atoms with E-state index in [4.69, 9.17) is 4.74 Å². The van der Waals surface area contributed by atoms with Crippen molar-refractivity contribution < 1.29 is 18.3 Å². The molecule has 1 fully saturated rings. The summed E-state index contributed by atoms with van der Waals surface area (Å²) < 4.78 is 34.9. The summed E-state index contributed by atoms with van der Waals surface area (Å²) in [7, 11) is 1.39. The highest BCUT2D eigenvalue weighted by atomic mass is 19.3. The van der Waals surface area contributed by atoms with Gasteiger partial charge in [0.25, 0.3) is 0 Å². The highest BCUT2D eigenvalue weighted by molar-refractivity contribution is 5.75. The summed E-state index contributed by atoms with van der Waals surface area (Å²) in [6, 6.07) is 14.8. The minimum atomic E-state index is -2.95. The van der Waals surface area contributed by atoms with Crippen LogP contribution in [0, 0.1) is 11.3 Å². The smallest absolute Gasteiger partial charge is 0.387 e. The molecule has 5 nitrogen and oxygen atoms in total. The standard InChI is InChI=1S/C19H15F2N3O2/c1-25-15-7-6-11(8-16(15)26-18(20)21)12-9-19(12,10-22)17-23-13-4-2-3-5-14(13)24-17/h2-8,12,18H,9H2,1H3,(H,23,24)/t12-,19-/m1/s1. The summed E-state index contributed by atoms with van der Waals surface area (Å²) in [5.41, 5.74) is 1.59. The number of fused-ring (bicyclic) bond motifs is 1. The number of methoxy groups -OCH3 is 1. The predicted octanol–water partition coefficient (Wildman–Crippen LogP) is 4.12. The number of nitrogens with zero attached hydrogens (tertiary/aromatic N) is 2. The molecule has 7 heteroatoms. The number of nitriles is 1. The van der Waals surface area contributed by atoms with Gasteiger partial charge in [-0.15, -0.1) is 0 Å². The number of rotatable bonds is 5. The number of imidazole rings is 1. The zero-order chi connectivity index (χ0) is 18.3. The van der Waals surface area contributed by atoms with E-state index in [0.29, 0.717) is 12.2 Å². The third-order valence-electron chi connectivity index (χ3n) is 4.78. The van der Waals surface area contributed by atoms with Crippen LogP contribution in [0.4, 0.5) is 8.78 Å². The van der Waals surface area contributed by atoms with Gasteiger partial charge in [-0.25, -0.2) is 4.98 Å². The normalized spacial score (nSPS) is 21.6. The number of aromatic nitrogens is 2. The number of aromatic amines is 1. The molecule has 26 heavy (non-hydrogen) atoms. The van der Waals surface area contributed by atoms with Crippen molar-refractivity contribution in [1.82, 2.24) is 9.97 Å². The van der Waals surface area contributed by atoms with Crippen molar-refractivity contribution in [3.63, 3.8) is 0 Å². The fourth-order valence-corrected chi connectivity index (χ4v) is 3.37. The first-order valence-corrected chi connectivity index (χ1v) is 8.06. The molecule has 0 aliphatic heterocycles. The first-order chi connectivity index (χ1) is 12.6. The Balaban J connectivity index is 1.70. The Morgan fingerprint density at radius 2 is 2.08 bits per heavy atom. The molecule has 1 heterocycles. The Kier molecular flexibility index (Phi) is 3.76. The van der Waals surface area contributed by atoms with Crippen LogP contribution in [0.2, 0.25) is 0 Å². The molecule has 1 saturated carbocycles. The minimum absolute atomic E-state index is 0.0386. The van der Waals surface area contributed by atoms with E-state index < -0.39 is 12.0 Å². The van der Waals surface area contributed by atoms with E-state index in [1.807, 2.05) is 24.3 Å². The van der Waals surface area contributed by atoms with Crippen LogP contribution in [0.5, 0.6) is 11.5 Å². The summed E-state index contributed by atoms with van der Waals surface area (Å²) in [6.45, 7) is -2.95. The van der Waals surface area contributed by atoms with Crippen LogP contribution in [0.15, 0.2) is 42.5 Å². The van der Waals surface area contributed by atoms with Gasteiger partial charge in [-0.3, -0.25) is 0 Å². The molecule has 2 atom stereocenters. The maximum absolute atomic E-state index is 12.6. The summed E-state index contributed by atoms with van der Waals surface area (Å²) >= 11 is 0. The monoisotopic (exact) mass is 355 g/mol. The molecule has 0 radical (unpaired) electrons. The molecule has 0 bridgehead atoms. The third kappa shape index (κ3) is 2.54. The lowest BCUT2D eigenvalue weighted by atomic mass is 9.99. The van der Waals surface area contributed by atoms with Gasteiger partial charge in [0.1, 0.15) is 11.2 Å². The highest BCUT2D eigenvalue weighted by Crippen LogP contribution is 2.60. The van der Waals surface area contributed by atoms with E-state index in [2.05, 4.69) is 20.8 Å². The summed E-state index contributed by atoms with van der Waals surface area (Å²) in [4.78, 5) is 7.75. The number of benzene rings is 2. The molecule has 0 amide bonds. The topological polar surface area (TPSA) is 70.9 Å². The van der Waals surface area contributed by atoms with Crippen molar-refractivity contribution in [2.75, 3.05) is 7.11 Å². The molecule has 1 aromatic heterocycles. The second kappa shape index (κ2) is 5.99. The number of hydrogen-bond donors (Lipinski definition) is 1. The zero-order valence-electron chi connectivity index (χ0n) is 13.9. The maximum Gasteiger partial charge on any atom is 0.387 e. The number of ether oxygens (including phenoxy) is 2. The Labute approximate surface area is 148 Å². The van der Waals surface area contributed by atoms with E-state index >= 15 is 0 Å². The maximum atomic E-state index is 12.6. The largest absolute Gasteiger partial charge is 0.493 e. The van der Waals surface area contributed by atoms with E-state index in [9.17, 15) is 14.0 Å². The minimum Gasteiger partial charge on any atom is -0.493 e. The second-order valence-electron chi connectivity index (χ2n) is 6.23. The van der Waals surface area contributed by atoms with Crippen LogP contribution in [-0.4, -0.2) is 23.7 Å². The fourth-order valence-electron chi connectivity index (χ4n) is 3.37. The molecule has 0 spiro atoms. The van der Waals surface area contributed by atoms with Crippen LogP contribution < -0.4 is 9.47 Å². The Morgan fingerprint density at radius 1 is 1.27 bits per heavy atom. The number of hydrogen-bond acceptors (Lipinski definition) is 4. The van der Waals surface area contributed by atoms with Crippen molar-refractivity contribution in [1.29, 1.82) is 5.26 Å². The van der Waals surface area contributed by atoms with Gasteiger partial charge in [0.15, 0.2) is 11.5 Å². The summed E-state index contributed by atoms with van der Waals surface area (Å²) in [6.07, 6.45) is 0.559. The second-order valence-corrected chi connectivity index (χ2v) is 6.23. The van der Waals surface area contributed by atoms with E-state index in [-0.39, 0.29) is 17.4 Å². The molecule has 1 aliphatic carbocycles. The molecular formula is C19H15F2N3O2. The number of alkyl halides is 2. The van der Waals surface area contributed by atoms with Crippen LogP contribution >= 0.6 is 0 Å². The SMILES string of the molecule is COc1ccc([C@H]2C[C@]2(C#N)c2nc3ccccc3[nH]2)cc1OC(F)F. The Bertz CT molecular complexity index is 978. The van der Waals surface area contributed by atoms with Crippen molar-refractivity contribution >= 4 is 11.0 Å². The quantitative estimate of drug-likeness (QED) is 0.747. The van der Waals surface area contributed by atoms with Gasteiger partial charge in [-0.2, -0.15) is 14.0 Å². The molecular weight excluding hydrogens is 340 g/mol. The number of H-pyrrole nitrogens is 1. The zero-order valence-corrected chi connectivity index (χ0v) is 13.9. The molecule has 1 N–H and O–H groups in total. The average molecular weight is 355 g/mol. The van der Waals surface area contributed by atoms with Crippen LogP contribution in [0.25, 0.3) is 11.0 Å². The van der Waals surface area contributed by atoms with Crippen LogP contribution in [0.3, 0.4) is 0 Å². The van der Waals surface area contributed by atoms with Gasteiger partial charge in [0.2, 0.25) is 0 Å². The summed E-state index contributed by atoms with van der Waals surface area (Å²) in [5, 5.41) is 9.80. The Hall–Kier alpha value is -3.14. The lowest BCUT2D eigenvalue weighted by Gasteiger charge is -2.12. The van der Waals surface area contributed by atoms with E-state index in [0.717, 1.165) is 16.6 Å². The first-order valence-electron chi connectivity index (χ1n) is 8.06. The van der Waals surface area contributed by atoms with Gasteiger partial charge in [0, 0.05) is 5.92 Å². The molecule has 1 aliphatic rings. The van der Waals surface area contributed by atoms with Crippen molar-refractivity contribution in [2.24, 2.45) is 0 Å². The van der Waals surface area contributed by atoms with Crippen molar-refractivity contribution in [3.8, 4) is 17.6 Å². The lowest BCUT2D eigenvalue weighted by molar-refractivity contribution is -0.0512. The first kappa shape index (κ1) is 16.3. The van der Waals surface area contributed by atoms with Gasteiger partial charge in [-0.1, -0.05) is 18.2 Å². The van der Waals surface area contributed by atoms with Crippen molar-refractivity contribution in [2.45, 2.75) is 24.4 Å². The third-order valence-corrected chi connectivity index (χ3v) is 4.78. The van der Waals surface area contributed by atoms with Gasteiger partial charge in [-0.05, 0) is 36.2 Å². The summed E-state index contributed by atoms with van der Waals surface area (Å²) in [5.74, 6) is 0.627. The van der Waals surface area contributed by atoms with E-state index in [1.54, 1.807) is 12.1 Å². The highest BCUT2D eigenvalue weighted by Gasteiger charge is 2.59. The van der Waals surface area contributed by atoms with Gasteiger partial charge >= 0.3 is 6.61 Å². The van der Waals surface area contributed by atoms with Crippen LogP contribution in [-0.2, 0) is 5.41 Å². The fraction of sp³-hybridized carbons (Fsp3) is 0.263. The number of halogens is 2. The molecule has 132 valence electrons. The number of para-hydroxylation sites is 2. The molecule has 4 rings (SSSR count). The average Bonchev–Trinajstić information content (AvgIpc) is 3.23. The van der Waals surface area contributed by atoms with Gasteiger partial charge in [0.05, 0.1) is 24.2 Å². The van der Waals surface area contributed by atoms with E-state index in [1.165, 1.54) is 13.2 Å². The predicted molar refractivity (Wildman–Crippen MR) is 90.4 cm³/mol. The number of nitrogens with one attached hydrogen (secondary N) is 1. The molecule has 3 aromatic rings. The Morgan fingerprint density at radius 3 is 2.77 bits per heavy atom.